The average Bonchev–Trinajstić information content (AvgIpc) is 2.47. The van der Waals surface area contributed by atoms with Crippen molar-refractivity contribution in [1.82, 2.24) is 5.06 Å². The second-order valence-corrected chi connectivity index (χ2v) is 13.0. The maximum Gasteiger partial charge on any atom is 2.00 e. The Morgan fingerprint density at radius 1 is 0.912 bits per heavy atom. The molecule has 1 fully saturated rings. The molecule has 0 bridgehead atoms. The number of hydrogen-bond acceptors (Lipinski definition) is 5. The molecule has 1 rings (SSSR count). The molecule has 5 nitrogen and oxygen atoms in total. The van der Waals surface area contributed by atoms with Gasteiger partial charge in [-0.1, -0.05) is 47.4 Å². The van der Waals surface area contributed by atoms with E-state index in [4.69, 9.17) is 9.57 Å². The van der Waals surface area contributed by atoms with Crippen LogP contribution in [0.3, 0.4) is 0 Å². The summed E-state index contributed by atoms with van der Waals surface area (Å²) in [5, 5.41) is 2.04. The van der Waals surface area contributed by atoms with Crippen molar-refractivity contribution in [2.45, 2.75) is 131 Å². The van der Waals surface area contributed by atoms with Gasteiger partial charge in [0.1, 0.15) is 6.10 Å². The molecule has 0 aromatic rings. The minimum absolute atomic E-state index is 0. The summed E-state index contributed by atoms with van der Waals surface area (Å²) in [5.74, 6) is -0.0930. The number of rotatable bonds is 9. The smallest absolute Gasteiger partial charge is 0.462 e. The van der Waals surface area contributed by atoms with Gasteiger partial charge in [0, 0.05) is 17.5 Å². The van der Waals surface area contributed by atoms with Gasteiger partial charge in [-0.15, -0.1) is 0 Å². The van der Waals surface area contributed by atoms with Crippen molar-refractivity contribution in [3.05, 3.63) is 14.9 Å². The Bertz CT molecular complexity index is 589. The fraction of sp³-hybridized carbons (Fsp3) is 0.852. The molecule has 0 aromatic heterocycles. The third-order valence-corrected chi connectivity index (χ3v) is 5.78. The molecule has 34 heavy (non-hydrogen) atoms. The van der Waals surface area contributed by atoms with Crippen LogP contribution in [0.4, 0.5) is 0 Å². The predicted octanol–water partition coefficient (Wildman–Crippen LogP) is 6.69. The van der Waals surface area contributed by atoms with Gasteiger partial charge in [-0.3, -0.25) is 4.79 Å². The van der Waals surface area contributed by atoms with Crippen LogP contribution in [0.2, 0.25) is 5.82 Å². The number of nitrogens with zero attached hydrogens (tertiary/aromatic N) is 1. The van der Waals surface area contributed by atoms with E-state index in [1.807, 2.05) is 12.3 Å². The van der Waals surface area contributed by atoms with Gasteiger partial charge < -0.3 is 29.2 Å². The van der Waals surface area contributed by atoms with E-state index in [1.165, 1.54) is 0 Å². The predicted molar refractivity (Wildman–Crippen MR) is 141 cm³/mol. The van der Waals surface area contributed by atoms with Crippen LogP contribution in [-0.4, -0.2) is 48.3 Å². The van der Waals surface area contributed by atoms with E-state index < -0.39 is 0 Å². The normalized spacial score (nSPS) is 18.2. The Morgan fingerprint density at radius 2 is 1.32 bits per heavy atom. The molecule has 0 amide bonds. The summed E-state index contributed by atoms with van der Waals surface area (Å²) < 4.78 is 5.81. The number of hydrogen-bond donors (Lipinski definition) is 0. The average molecular weight is 705 g/mol. The van der Waals surface area contributed by atoms with Crippen molar-refractivity contribution in [2.75, 3.05) is 7.11 Å². The van der Waals surface area contributed by atoms with E-state index in [-0.39, 0.29) is 104 Å². The number of piperidine rings is 1. The summed E-state index contributed by atoms with van der Waals surface area (Å²) in [4.78, 5) is 30.8. The Kier molecular flexibility index (Phi) is 16.8. The molecule has 1 aliphatic rings. The molecule has 0 atom stereocenters. The topological polar surface area (TPSA) is 55.8 Å². The van der Waals surface area contributed by atoms with Crippen molar-refractivity contribution >= 4 is 18.9 Å². The molecule has 0 aliphatic carbocycles. The number of carbonyl (C=O) groups is 2. The van der Waals surface area contributed by atoms with Gasteiger partial charge in [-0.05, 0) is 64.2 Å². The molecule has 0 N–H and O–H groups in total. The monoisotopic (exact) mass is 704 g/mol. The van der Waals surface area contributed by atoms with Crippen LogP contribution in [0, 0.1) is 56.8 Å². The van der Waals surface area contributed by atoms with Gasteiger partial charge in [0.2, 0.25) is 7.28 Å². The van der Waals surface area contributed by atoms with E-state index in [0.717, 1.165) is 25.7 Å². The van der Waals surface area contributed by atoms with Crippen molar-refractivity contribution in [2.24, 2.45) is 10.8 Å². The third-order valence-electron chi connectivity index (χ3n) is 5.78. The van der Waals surface area contributed by atoms with E-state index in [9.17, 15) is 9.59 Å². The van der Waals surface area contributed by atoms with E-state index in [0.29, 0.717) is 0 Å². The van der Waals surface area contributed by atoms with Gasteiger partial charge in [0.15, 0.2) is 0 Å². The van der Waals surface area contributed by atoms with Gasteiger partial charge in [0.25, 0.3) is 0 Å². The molecule has 0 saturated carbocycles. The first-order valence-corrected chi connectivity index (χ1v) is 11.8. The number of carbonyl (C=O) groups excluding carboxylic acids is 2. The molecule has 0 unspecified atom stereocenters. The summed E-state index contributed by atoms with van der Waals surface area (Å²) in [6.07, 6.45) is 3.56. The minimum Gasteiger partial charge on any atom is -0.462 e. The Labute approximate surface area is 236 Å². The van der Waals surface area contributed by atoms with Crippen LogP contribution < -0.4 is 0 Å². The maximum absolute atomic E-state index is 12.6. The molecule has 1 saturated heterocycles. The van der Waals surface area contributed by atoms with Crippen molar-refractivity contribution < 1.29 is 50.3 Å². The minimum atomic E-state index is -0.268. The molecule has 1 aliphatic heterocycles. The summed E-state index contributed by atoms with van der Waals surface area (Å²) in [7, 11) is 3.53. The third kappa shape index (κ3) is 14.1. The van der Waals surface area contributed by atoms with E-state index >= 15 is 0 Å². The second-order valence-electron chi connectivity index (χ2n) is 13.0. The zero-order chi connectivity index (χ0) is 24.3. The van der Waals surface area contributed by atoms with Gasteiger partial charge in [-0.2, -0.15) is 5.06 Å². The van der Waals surface area contributed by atoms with Crippen molar-refractivity contribution in [3.63, 3.8) is 0 Å². The molecular formula is C27H53BNO4U. The molecule has 7 heteroatoms. The first-order chi connectivity index (χ1) is 13.8. The van der Waals surface area contributed by atoms with Gasteiger partial charge in [-0.25, -0.2) is 0 Å². The fourth-order valence-electron chi connectivity index (χ4n) is 5.29. The first-order valence-electron chi connectivity index (χ1n) is 11.8. The standard InChI is InChI=1S/C25H47BNO4.2CH3.U/c1-22(2,3)16-19(17-23(4,5)6)31-21(29)13-12-20(28)26-18-14-24(7,8)27(30-11)25(9,10)15-18;;;/h18-19H,12-17H2,1-11H3;2*1H3;/q;2*-1;+2. The Morgan fingerprint density at radius 3 is 1.68 bits per heavy atom. The Balaban J connectivity index is -0.00000320. The van der Waals surface area contributed by atoms with Crippen LogP contribution >= 0.6 is 0 Å². The number of esters is 1. The molecule has 197 valence electrons. The summed E-state index contributed by atoms with van der Waals surface area (Å²) in [6, 6.07) is 0. The molecular weight excluding hydrogens is 651 g/mol. The SMILES string of the molecule is CON1C(C)(C)CC([B]C(=O)CCC(=O)OC(CC(C)(C)C)CC(C)(C)C)CC1(C)C.[CH3-].[CH3-].[U+2]. The van der Waals surface area contributed by atoms with Crippen LogP contribution in [0.25, 0.3) is 0 Å². The van der Waals surface area contributed by atoms with Gasteiger partial charge >= 0.3 is 37.1 Å². The number of ether oxygens (including phenoxy) is 1. The fourth-order valence-corrected chi connectivity index (χ4v) is 5.29. The second kappa shape index (κ2) is 14.8. The van der Waals surface area contributed by atoms with Crippen LogP contribution in [-0.2, 0) is 19.2 Å². The van der Waals surface area contributed by atoms with E-state index in [2.05, 4.69) is 69.2 Å². The van der Waals surface area contributed by atoms with Crippen LogP contribution in [0.5, 0.6) is 0 Å². The van der Waals surface area contributed by atoms with Crippen molar-refractivity contribution in [1.29, 1.82) is 0 Å². The molecule has 0 aromatic carbocycles. The van der Waals surface area contributed by atoms with Crippen LogP contribution in [0.1, 0.15) is 108 Å². The Hall–Kier alpha value is 0.177. The van der Waals surface area contributed by atoms with Crippen molar-refractivity contribution in [3.8, 4) is 0 Å². The zero-order valence-electron chi connectivity index (χ0n) is 24.6. The molecule has 0 spiro atoms. The summed E-state index contributed by atoms with van der Waals surface area (Å²) in [5.41, 5.74) is -0.136. The zero-order valence-corrected chi connectivity index (χ0v) is 28.7. The molecule has 1 radical (unpaired) electrons. The molecule has 1 heterocycles. The summed E-state index contributed by atoms with van der Waals surface area (Å²) in [6.45, 7) is 21.5. The largest absolute Gasteiger partial charge is 2.00 e. The number of hydroxylamine groups is 2. The first kappa shape index (κ1) is 38.7. The quantitative estimate of drug-likeness (QED) is 0.152. The van der Waals surface area contributed by atoms with E-state index in [1.54, 1.807) is 7.11 Å². The summed E-state index contributed by atoms with van der Waals surface area (Å²) >= 11 is 0. The van der Waals surface area contributed by atoms with Crippen LogP contribution in [0.15, 0.2) is 0 Å². The van der Waals surface area contributed by atoms with Gasteiger partial charge in [0.05, 0.1) is 19.2 Å². The maximum atomic E-state index is 12.6.